The van der Waals surface area contributed by atoms with Gasteiger partial charge in [0.1, 0.15) is 0 Å². The van der Waals surface area contributed by atoms with Crippen molar-refractivity contribution in [2.45, 2.75) is 206 Å². The van der Waals surface area contributed by atoms with E-state index in [-0.39, 0.29) is 0 Å². The molecule has 0 saturated heterocycles. The summed E-state index contributed by atoms with van der Waals surface area (Å²) in [5, 5.41) is 1.02. The van der Waals surface area contributed by atoms with E-state index in [1.807, 2.05) is 0 Å². The highest BCUT2D eigenvalue weighted by Gasteiger charge is 2.58. The molecule has 0 radical (unpaired) electrons. The van der Waals surface area contributed by atoms with Crippen molar-refractivity contribution in [3.63, 3.8) is 0 Å². The average Bonchev–Trinajstić information content (AvgIpc) is 3.34. The van der Waals surface area contributed by atoms with Crippen molar-refractivity contribution in [2.75, 3.05) is 0 Å². The van der Waals surface area contributed by atoms with Crippen LogP contribution in [0.2, 0.25) is 0 Å². The maximum absolute atomic E-state index is 12.9. The van der Waals surface area contributed by atoms with Gasteiger partial charge in [-0.3, -0.25) is 4.79 Å². The van der Waals surface area contributed by atoms with Gasteiger partial charge in [0, 0.05) is 11.7 Å². The molecule has 43 heavy (non-hydrogen) atoms. The Morgan fingerprint density at radius 1 is 0.721 bits per heavy atom. The molecule has 3 saturated carbocycles. The summed E-state index contributed by atoms with van der Waals surface area (Å²) in [7, 11) is 0. The van der Waals surface area contributed by atoms with Gasteiger partial charge in [-0.2, -0.15) is 0 Å². The smallest absolute Gasteiger partial charge is 0.189 e. The fraction of sp³-hybridized carbons (Fsp3) is 0.927. The molecule has 4 aliphatic carbocycles. The van der Waals surface area contributed by atoms with Crippen LogP contribution in [0, 0.1) is 34.5 Å². The molecule has 4 unspecified atom stereocenters. The molecule has 0 aromatic rings. The first kappa shape index (κ1) is 35.6. The number of carbonyl (C=O) groups excluding carboxylic acids is 1. The number of allylic oxidation sites excluding steroid dienone is 2. The minimum Gasteiger partial charge on any atom is -0.287 e. The fourth-order valence-corrected chi connectivity index (χ4v) is 11.8. The maximum Gasteiger partial charge on any atom is 0.189 e. The summed E-state index contributed by atoms with van der Waals surface area (Å²) >= 11 is 1.73. The van der Waals surface area contributed by atoms with Gasteiger partial charge < -0.3 is 0 Å². The van der Waals surface area contributed by atoms with Crippen LogP contribution in [-0.2, 0) is 4.79 Å². The summed E-state index contributed by atoms with van der Waals surface area (Å²) in [5.41, 5.74) is 2.78. The Bertz CT molecular complexity index is 847. The molecule has 0 heterocycles. The van der Waals surface area contributed by atoms with Crippen molar-refractivity contribution in [3.05, 3.63) is 11.6 Å². The van der Waals surface area contributed by atoms with Gasteiger partial charge in [-0.05, 0) is 98.7 Å². The van der Waals surface area contributed by atoms with Gasteiger partial charge in [0.15, 0.2) is 5.12 Å². The Labute approximate surface area is 273 Å². The van der Waals surface area contributed by atoms with E-state index in [4.69, 9.17) is 0 Å². The van der Waals surface area contributed by atoms with Crippen LogP contribution >= 0.6 is 11.8 Å². The summed E-state index contributed by atoms with van der Waals surface area (Å²) in [6, 6.07) is 0. The van der Waals surface area contributed by atoms with Crippen molar-refractivity contribution in [1.82, 2.24) is 0 Å². The molecule has 0 N–H and O–H groups in total. The third-order valence-electron chi connectivity index (χ3n) is 13.4. The number of hydrogen-bond donors (Lipinski definition) is 0. The number of fused-ring (bicyclic) bond motifs is 5. The number of hydrogen-bond acceptors (Lipinski definition) is 2. The zero-order valence-corrected chi connectivity index (χ0v) is 30.2. The average molecular weight is 613 g/mol. The van der Waals surface area contributed by atoms with Crippen molar-refractivity contribution < 1.29 is 4.79 Å². The van der Waals surface area contributed by atoms with E-state index in [1.54, 1.807) is 17.3 Å². The topological polar surface area (TPSA) is 17.1 Å². The van der Waals surface area contributed by atoms with E-state index >= 15 is 0 Å². The molecule has 4 rings (SSSR count). The zero-order chi connectivity index (χ0) is 30.5. The molecule has 0 spiro atoms. The molecule has 0 aromatic heterocycles. The van der Waals surface area contributed by atoms with E-state index in [0.717, 1.165) is 36.5 Å². The molecule has 248 valence electrons. The van der Waals surface area contributed by atoms with Crippen LogP contribution < -0.4 is 0 Å². The Kier molecular flexibility index (Phi) is 15.1. The molecule has 0 amide bonds. The zero-order valence-electron chi connectivity index (χ0n) is 29.4. The Morgan fingerprint density at radius 2 is 1.33 bits per heavy atom. The second kappa shape index (κ2) is 18.2. The van der Waals surface area contributed by atoms with Crippen molar-refractivity contribution in [3.8, 4) is 0 Å². The maximum atomic E-state index is 12.9. The summed E-state index contributed by atoms with van der Waals surface area (Å²) in [6.45, 7) is 9.99. The van der Waals surface area contributed by atoms with Gasteiger partial charge in [-0.15, -0.1) is 0 Å². The highest BCUT2D eigenvalue weighted by atomic mass is 32.2. The van der Waals surface area contributed by atoms with Crippen LogP contribution in [0.25, 0.3) is 0 Å². The fourth-order valence-electron chi connectivity index (χ4n) is 10.7. The number of carbonyl (C=O) groups is 1. The second-order valence-corrected chi connectivity index (χ2v) is 17.6. The van der Waals surface area contributed by atoms with Gasteiger partial charge in [-0.25, -0.2) is 0 Å². The van der Waals surface area contributed by atoms with E-state index in [9.17, 15) is 4.79 Å². The largest absolute Gasteiger partial charge is 0.287 e. The molecule has 7 atom stereocenters. The van der Waals surface area contributed by atoms with Crippen molar-refractivity contribution in [2.24, 2.45) is 34.5 Å². The molecule has 3 fully saturated rings. The molecule has 0 aliphatic heterocycles. The molecular formula is C41H72OS. The first-order valence-corrected chi connectivity index (χ1v) is 20.7. The number of thioether (sulfide) groups is 1. The standard InChI is InChI=1S/C41H72OS/c1-5-7-9-11-13-14-15-16-17-19-21-23-39(42)43-35-28-30-41(4)34(32-35)24-26-36-37-27-25-33(22-20-18-12-10-8-6-2)40(37,3)31-29-38(36)41/h24,33,35-38H,5-23,25-32H2,1-4H3/t33?,35-,36?,37?,38?,40+,41-/m0/s1. The van der Waals surface area contributed by atoms with Gasteiger partial charge in [-0.1, -0.05) is 154 Å². The summed E-state index contributed by atoms with van der Waals surface area (Å²) < 4.78 is 0. The van der Waals surface area contributed by atoms with Crippen molar-refractivity contribution >= 4 is 16.9 Å². The third-order valence-corrected chi connectivity index (χ3v) is 14.6. The van der Waals surface area contributed by atoms with Crippen molar-refractivity contribution in [1.29, 1.82) is 0 Å². The first-order valence-electron chi connectivity index (χ1n) is 19.8. The van der Waals surface area contributed by atoms with Gasteiger partial charge in [0.25, 0.3) is 0 Å². The molecule has 2 heteroatoms. The second-order valence-electron chi connectivity index (χ2n) is 16.3. The van der Waals surface area contributed by atoms with E-state index in [2.05, 4.69) is 33.8 Å². The predicted molar refractivity (Wildman–Crippen MR) is 191 cm³/mol. The van der Waals surface area contributed by atoms with Crippen LogP contribution in [0.15, 0.2) is 11.6 Å². The molecular weight excluding hydrogens is 541 g/mol. The van der Waals surface area contributed by atoms with Crippen LogP contribution in [0.1, 0.15) is 201 Å². The minimum absolute atomic E-state index is 0.414. The van der Waals surface area contributed by atoms with Crippen LogP contribution in [-0.4, -0.2) is 10.4 Å². The first-order chi connectivity index (χ1) is 20.9. The van der Waals surface area contributed by atoms with Gasteiger partial charge in [0.05, 0.1) is 0 Å². The van der Waals surface area contributed by atoms with E-state index < -0.39 is 0 Å². The monoisotopic (exact) mass is 613 g/mol. The van der Waals surface area contributed by atoms with E-state index in [0.29, 0.717) is 21.2 Å². The Balaban J connectivity index is 1.16. The van der Waals surface area contributed by atoms with Gasteiger partial charge >= 0.3 is 0 Å². The lowest BCUT2D eigenvalue weighted by Crippen LogP contribution is -2.50. The molecule has 4 aliphatic rings. The highest BCUT2D eigenvalue weighted by Crippen LogP contribution is 2.67. The lowest BCUT2D eigenvalue weighted by molar-refractivity contribution is -0.111. The molecule has 0 aromatic carbocycles. The van der Waals surface area contributed by atoms with Crippen LogP contribution in [0.4, 0.5) is 0 Å². The Hall–Kier alpha value is -0.240. The Morgan fingerprint density at radius 3 is 1.98 bits per heavy atom. The molecule has 0 bridgehead atoms. The quantitative estimate of drug-likeness (QED) is 0.100. The van der Waals surface area contributed by atoms with Gasteiger partial charge in [0.2, 0.25) is 0 Å². The number of rotatable bonds is 20. The third kappa shape index (κ3) is 9.64. The van der Waals surface area contributed by atoms with Crippen LogP contribution in [0.5, 0.6) is 0 Å². The SMILES string of the molecule is CCCCCCCCCCCCCC(=O)S[C@H]1CC[C@@]2(C)C(=CCC3C4CCC(CCCCCCCC)[C@@]4(C)CCC32)C1. The summed E-state index contributed by atoms with van der Waals surface area (Å²) in [4.78, 5) is 12.9. The van der Waals surface area contributed by atoms with E-state index in [1.165, 1.54) is 161 Å². The predicted octanol–water partition coefficient (Wildman–Crippen LogP) is 13.6. The summed E-state index contributed by atoms with van der Waals surface area (Å²) in [6.07, 6.45) is 39.6. The summed E-state index contributed by atoms with van der Waals surface area (Å²) in [5.74, 6) is 3.78. The number of unbranched alkanes of at least 4 members (excludes halogenated alkanes) is 15. The highest BCUT2D eigenvalue weighted by molar-refractivity contribution is 8.14. The lowest BCUT2D eigenvalue weighted by atomic mass is 9.47. The van der Waals surface area contributed by atoms with Crippen LogP contribution in [0.3, 0.4) is 0 Å². The minimum atomic E-state index is 0.414. The normalized spacial score (nSPS) is 33.5. The molecule has 1 nitrogen and oxygen atoms in total. The lowest BCUT2D eigenvalue weighted by Gasteiger charge is -2.58.